The largest absolute Gasteiger partial charge is 0.493 e. The highest BCUT2D eigenvalue weighted by Gasteiger charge is 2.06. The quantitative estimate of drug-likeness (QED) is 0.451. The van der Waals surface area contributed by atoms with Crippen LogP contribution in [0.4, 0.5) is 0 Å². The van der Waals surface area contributed by atoms with E-state index in [0.717, 1.165) is 18.4 Å². The molecule has 0 saturated carbocycles. The number of benzene rings is 1. The van der Waals surface area contributed by atoms with Crippen LogP contribution in [-0.2, 0) is 0 Å². The Morgan fingerprint density at radius 1 is 1.41 bits per heavy atom. The fraction of sp³-hybridized carbons (Fsp3) is 0.500. The van der Waals surface area contributed by atoms with Crippen LogP contribution < -0.4 is 10.5 Å². The molecule has 1 aromatic carbocycles. The predicted molar refractivity (Wildman–Crippen MR) is 71.8 cm³/mol. The molecule has 0 aromatic heterocycles. The Hall–Kier alpha value is -1.51. The minimum Gasteiger partial charge on any atom is -0.493 e. The third-order valence-electron chi connectivity index (χ3n) is 2.61. The summed E-state index contributed by atoms with van der Waals surface area (Å²) in [4.78, 5) is 0. The van der Waals surface area contributed by atoms with Crippen LogP contribution >= 0.6 is 0 Å². The molecule has 0 atom stereocenters. The molecule has 0 aliphatic heterocycles. The molecule has 0 bridgehead atoms. The molecule has 0 aliphatic carbocycles. The van der Waals surface area contributed by atoms with Gasteiger partial charge in [0.2, 0.25) is 0 Å². The van der Waals surface area contributed by atoms with E-state index in [4.69, 9.17) is 15.9 Å². The van der Waals surface area contributed by atoms with Gasteiger partial charge in [0.15, 0.2) is 0 Å². The summed E-state index contributed by atoms with van der Waals surface area (Å²) in [6.45, 7) is 7.07. The molecule has 3 heteroatoms. The summed E-state index contributed by atoms with van der Waals surface area (Å²) < 4.78 is 5.68. The van der Waals surface area contributed by atoms with Gasteiger partial charge in [-0.3, -0.25) is 5.41 Å². The highest BCUT2D eigenvalue weighted by Crippen LogP contribution is 2.20. The third kappa shape index (κ3) is 4.47. The number of ether oxygens (including phenoxy) is 1. The molecule has 0 amide bonds. The van der Waals surface area contributed by atoms with E-state index in [1.165, 1.54) is 0 Å². The lowest BCUT2D eigenvalue weighted by atomic mass is 10.1. The molecule has 0 aliphatic rings. The zero-order valence-electron chi connectivity index (χ0n) is 10.9. The molecule has 3 N–H and O–H groups in total. The van der Waals surface area contributed by atoms with E-state index in [1.807, 2.05) is 25.1 Å². The van der Waals surface area contributed by atoms with E-state index in [1.54, 1.807) is 0 Å². The van der Waals surface area contributed by atoms with Gasteiger partial charge in [-0.25, -0.2) is 0 Å². The van der Waals surface area contributed by atoms with Crippen molar-refractivity contribution in [3.63, 3.8) is 0 Å². The zero-order chi connectivity index (χ0) is 12.8. The lowest BCUT2D eigenvalue weighted by Crippen LogP contribution is -2.14. The Morgan fingerprint density at radius 2 is 2.12 bits per heavy atom. The molecule has 1 rings (SSSR count). The first-order valence-electron chi connectivity index (χ1n) is 6.08. The van der Waals surface area contributed by atoms with Gasteiger partial charge in [0.1, 0.15) is 11.6 Å². The van der Waals surface area contributed by atoms with Crippen LogP contribution in [0.3, 0.4) is 0 Å². The SMILES string of the molecule is Cc1ccc(OCCCC(C)C)c(C(=N)N)c1. The van der Waals surface area contributed by atoms with E-state index in [0.29, 0.717) is 23.8 Å². The van der Waals surface area contributed by atoms with Crippen LogP contribution in [-0.4, -0.2) is 12.4 Å². The van der Waals surface area contributed by atoms with E-state index < -0.39 is 0 Å². The summed E-state index contributed by atoms with van der Waals surface area (Å²) in [6, 6.07) is 5.76. The van der Waals surface area contributed by atoms with Crippen LogP contribution in [0.15, 0.2) is 18.2 Å². The predicted octanol–water partition coefficient (Wildman–Crippen LogP) is 3.09. The van der Waals surface area contributed by atoms with E-state index in [9.17, 15) is 0 Å². The second-order valence-corrected chi connectivity index (χ2v) is 4.80. The first-order chi connectivity index (χ1) is 8.00. The number of hydrogen-bond donors (Lipinski definition) is 2. The Kier molecular flexibility index (Phi) is 5.01. The van der Waals surface area contributed by atoms with Gasteiger partial charge >= 0.3 is 0 Å². The van der Waals surface area contributed by atoms with Crippen molar-refractivity contribution >= 4 is 5.84 Å². The number of hydrogen-bond acceptors (Lipinski definition) is 2. The average molecular weight is 234 g/mol. The summed E-state index contributed by atoms with van der Waals surface area (Å²) in [7, 11) is 0. The normalized spacial score (nSPS) is 10.6. The Labute approximate surface area is 103 Å². The van der Waals surface area contributed by atoms with Crippen molar-refractivity contribution in [2.45, 2.75) is 33.6 Å². The van der Waals surface area contributed by atoms with Gasteiger partial charge in [-0.05, 0) is 37.8 Å². The minimum atomic E-state index is 0.0626. The van der Waals surface area contributed by atoms with Crippen molar-refractivity contribution in [3.05, 3.63) is 29.3 Å². The van der Waals surface area contributed by atoms with Gasteiger partial charge in [-0.15, -0.1) is 0 Å². The summed E-state index contributed by atoms with van der Waals surface area (Å²) in [6.07, 6.45) is 2.18. The second kappa shape index (κ2) is 6.28. The lowest BCUT2D eigenvalue weighted by Gasteiger charge is -2.12. The molecular formula is C14H22N2O. The lowest BCUT2D eigenvalue weighted by molar-refractivity contribution is 0.297. The molecular weight excluding hydrogens is 212 g/mol. The Balaban J connectivity index is 2.61. The van der Waals surface area contributed by atoms with Crippen molar-refractivity contribution in [2.75, 3.05) is 6.61 Å². The smallest absolute Gasteiger partial charge is 0.130 e. The maximum absolute atomic E-state index is 7.52. The summed E-state index contributed by atoms with van der Waals surface area (Å²) in [5, 5.41) is 7.52. The van der Waals surface area contributed by atoms with Crippen LogP contribution in [0.1, 0.15) is 37.8 Å². The minimum absolute atomic E-state index is 0.0626. The summed E-state index contributed by atoms with van der Waals surface area (Å²) in [5.74, 6) is 1.48. The molecule has 0 heterocycles. The van der Waals surface area contributed by atoms with Gasteiger partial charge < -0.3 is 10.5 Å². The van der Waals surface area contributed by atoms with Gasteiger partial charge in [-0.1, -0.05) is 25.5 Å². The fourth-order valence-electron chi connectivity index (χ4n) is 1.65. The first-order valence-corrected chi connectivity index (χ1v) is 6.08. The van der Waals surface area contributed by atoms with Gasteiger partial charge in [-0.2, -0.15) is 0 Å². The molecule has 0 fully saturated rings. The average Bonchev–Trinajstić information content (AvgIpc) is 2.25. The van der Waals surface area contributed by atoms with E-state index in [-0.39, 0.29) is 5.84 Å². The fourth-order valence-corrected chi connectivity index (χ4v) is 1.65. The number of aryl methyl sites for hydroxylation is 1. The monoisotopic (exact) mass is 234 g/mol. The number of nitrogens with two attached hydrogens (primary N) is 1. The number of amidine groups is 1. The molecule has 1 aromatic rings. The highest BCUT2D eigenvalue weighted by molar-refractivity contribution is 5.97. The zero-order valence-corrected chi connectivity index (χ0v) is 10.9. The second-order valence-electron chi connectivity index (χ2n) is 4.80. The van der Waals surface area contributed by atoms with E-state index in [2.05, 4.69) is 13.8 Å². The van der Waals surface area contributed by atoms with Crippen molar-refractivity contribution in [1.29, 1.82) is 5.41 Å². The Bertz CT molecular complexity index is 386. The molecule has 0 saturated heterocycles. The van der Waals surface area contributed by atoms with Crippen molar-refractivity contribution in [3.8, 4) is 5.75 Å². The van der Waals surface area contributed by atoms with Crippen molar-refractivity contribution in [1.82, 2.24) is 0 Å². The van der Waals surface area contributed by atoms with E-state index >= 15 is 0 Å². The standard InChI is InChI=1S/C14H22N2O/c1-10(2)5-4-8-17-13-7-6-11(3)9-12(13)14(15)16/h6-7,9-10H,4-5,8H2,1-3H3,(H3,15,16). The molecule has 17 heavy (non-hydrogen) atoms. The number of rotatable bonds is 6. The maximum atomic E-state index is 7.52. The van der Waals surface area contributed by atoms with Crippen molar-refractivity contribution in [2.24, 2.45) is 11.7 Å². The molecule has 94 valence electrons. The third-order valence-corrected chi connectivity index (χ3v) is 2.61. The van der Waals surface area contributed by atoms with Crippen molar-refractivity contribution < 1.29 is 4.74 Å². The van der Waals surface area contributed by atoms with Crippen LogP contribution in [0, 0.1) is 18.3 Å². The van der Waals surface area contributed by atoms with Gasteiger partial charge in [0.25, 0.3) is 0 Å². The topological polar surface area (TPSA) is 59.1 Å². The Morgan fingerprint density at radius 3 is 2.71 bits per heavy atom. The first kappa shape index (κ1) is 13.6. The molecule has 0 radical (unpaired) electrons. The molecule has 3 nitrogen and oxygen atoms in total. The number of nitrogen functional groups attached to an aromatic ring is 1. The molecule has 0 unspecified atom stereocenters. The van der Waals surface area contributed by atoms with Crippen LogP contribution in [0.5, 0.6) is 5.75 Å². The van der Waals surface area contributed by atoms with Gasteiger partial charge in [0.05, 0.1) is 12.2 Å². The van der Waals surface area contributed by atoms with Gasteiger partial charge in [0, 0.05) is 0 Å². The molecule has 0 spiro atoms. The van der Waals surface area contributed by atoms with Crippen LogP contribution in [0.2, 0.25) is 0 Å². The highest BCUT2D eigenvalue weighted by atomic mass is 16.5. The summed E-state index contributed by atoms with van der Waals surface area (Å²) in [5.41, 5.74) is 7.32. The maximum Gasteiger partial charge on any atom is 0.130 e. The summed E-state index contributed by atoms with van der Waals surface area (Å²) >= 11 is 0. The van der Waals surface area contributed by atoms with Crippen LogP contribution in [0.25, 0.3) is 0 Å². The number of nitrogens with one attached hydrogen (secondary N) is 1.